The van der Waals surface area contributed by atoms with Crippen LogP contribution in [0.15, 0.2) is 35.7 Å². The molecule has 0 aliphatic rings. The fraction of sp³-hybridized carbons (Fsp3) is 0.286. The van der Waals surface area contributed by atoms with E-state index in [1.165, 1.54) is 21.6 Å². The monoisotopic (exact) mass is 231 g/mol. The van der Waals surface area contributed by atoms with Crippen molar-refractivity contribution in [3.63, 3.8) is 0 Å². The smallest absolute Gasteiger partial charge is 0.0582 e. The molecule has 1 unspecified atom stereocenters. The maximum Gasteiger partial charge on any atom is 0.0582 e. The van der Waals surface area contributed by atoms with Gasteiger partial charge in [0, 0.05) is 4.88 Å². The fourth-order valence-corrected chi connectivity index (χ4v) is 2.72. The minimum Gasteiger partial charge on any atom is -0.309 e. The summed E-state index contributed by atoms with van der Waals surface area (Å²) in [7, 11) is 2.01. The second kappa shape index (κ2) is 4.81. The number of aryl methyl sites for hydroxylation is 2. The molecule has 0 saturated heterocycles. The number of rotatable bonds is 3. The molecule has 84 valence electrons. The van der Waals surface area contributed by atoms with Crippen LogP contribution in [0.5, 0.6) is 0 Å². The molecule has 0 amide bonds. The van der Waals surface area contributed by atoms with Gasteiger partial charge in [0.15, 0.2) is 0 Å². The molecule has 1 aromatic carbocycles. The van der Waals surface area contributed by atoms with Crippen molar-refractivity contribution in [2.45, 2.75) is 19.9 Å². The minimum atomic E-state index is 0.310. The minimum absolute atomic E-state index is 0.310. The van der Waals surface area contributed by atoms with Crippen LogP contribution < -0.4 is 5.32 Å². The van der Waals surface area contributed by atoms with Crippen LogP contribution in [0.4, 0.5) is 0 Å². The molecule has 1 heterocycles. The lowest BCUT2D eigenvalue weighted by molar-refractivity contribution is 0.693. The zero-order valence-corrected chi connectivity index (χ0v) is 10.8. The SMILES string of the molecule is CNC(c1cccc(C)c1)c1csc(C)c1. The molecule has 0 fully saturated rings. The molecule has 0 aliphatic heterocycles. The standard InChI is InChI=1S/C14H17NS/c1-10-5-4-6-12(7-10)14(15-3)13-8-11(2)16-9-13/h4-9,14-15H,1-3H3. The molecule has 2 rings (SSSR count). The lowest BCUT2D eigenvalue weighted by atomic mass is 9.99. The lowest BCUT2D eigenvalue weighted by Gasteiger charge is -2.15. The maximum atomic E-state index is 3.38. The highest BCUT2D eigenvalue weighted by atomic mass is 32.1. The van der Waals surface area contributed by atoms with Crippen molar-refractivity contribution in [3.05, 3.63) is 57.3 Å². The van der Waals surface area contributed by atoms with E-state index in [0.717, 1.165) is 0 Å². The summed E-state index contributed by atoms with van der Waals surface area (Å²) in [5.74, 6) is 0. The molecule has 1 nitrogen and oxygen atoms in total. The van der Waals surface area contributed by atoms with Crippen molar-refractivity contribution in [2.75, 3.05) is 7.05 Å². The summed E-state index contributed by atoms with van der Waals surface area (Å²) in [4.78, 5) is 1.36. The summed E-state index contributed by atoms with van der Waals surface area (Å²) in [5, 5.41) is 5.62. The van der Waals surface area contributed by atoms with E-state index < -0.39 is 0 Å². The van der Waals surface area contributed by atoms with Gasteiger partial charge in [-0.25, -0.2) is 0 Å². The van der Waals surface area contributed by atoms with Crippen molar-refractivity contribution in [1.82, 2.24) is 5.32 Å². The van der Waals surface area contributed by atoms with Gasteiger partial charge in [0.1, 0.15) is 0 Å². The van der Waals surface area contributed by atoms with Crippen molar-refractivity contribution in [3.8, 4) is 0 Å². The first-order valence-electron chi connectivity index (χ1n) is 5.49. The van der Waals surface area contributed by atoms with E-state index in [2.05, 4.69) is 54.9 Å². The number of thiophene rings is 1. The largest absolute Gasteiger partial charge is 0.309 e. The van der Waals surface area contributed by atoms with Crippen LogP contribution in [0.1, 0.15) is 27.6 Å². The second-order valence-corrected chi connectivity index (χ2v) is 5.24. The molecule has 2 heteroatoms. The van der Waals surface area contributed by atoms with Crippen molar-refractivity contribution >= 4 is 11.3 Å². The number of hydrogen-bond donors (Lipinski definition) is 1. The van der Waals surface area contributed by atoms with Gasteiger partial charge in [-0.15, -0.1) is 11.3 Å². The lowest BCUT2D eigenvalue weighted by Crippen LogP contribution is -2.16. The highest BCUT2D eigenvalue weighted by Crippen LogP contribution is 2.26. The summed E-state index contributed by atoms with van der Waals surface area (Å²) in [6.07, 6.45) is 0. The second-order valence-electron chi connectivity index (χ2n) is 4.13. The number of nitrogens with one attached hydrogen (secondary N) is 1. The Bertz CT molecular complexity index is 473. The van der Waals surface area contributed by atoms with Crippen LogP contribution in [-0.4, -0.2) is 7.05 Å². The molecular weight excluding hydrogens is 214 g/mol. The Morgan fingerprint density at radius 2 is 1.94 bits per heavy atom. The van der Waals surface area contributed by atoms with Crippen molar-refractivity contribution in [2.24, 2.45) is 0 Å². The van der Waals surface area contributed by atoms with Crippen LogP contribution in [-0.2, 0) is 0 Å². The Kier molecular flexibility index (Phi) is 3.42. The molecule has 1 aromatic heterocycles. The third-order valence-electron chi connectivity index (χ3n) is 2.75. The van der Waals surface area contributed by atoms with Crippen LogP contribution in [0.3, 0.4) is 0 Å². The van der Waals surface area contributed by atoms with E-state index in [-0.39, 0.29) is 0 Å². The van der Waals surface area contributed by atoms with Crippen molar-refractivity contribution in [1.29, 1.82) is 0 Å². The Morgan fingerprint density at radius 3 is 2.50 bits per heavy atom. The van der Waals surface area contributed by atoms with E-state index in [0.29, 0.717) is 6.04 Å². The van der Waals surface area contributed by atoms with Gasteiger partial charge in [0.25, 0.3) is 0 Å². The van der Waals surface area contributed by atoms with Gasteiger partial charge < -0.3 is 5.32 Å². The van der Waals surface area contributed by atoms with Gasteiger partial charge in [0.2, 0.25) is 0 Å². The number of benzene rings is 1. The molecule has 0 spiro atoms. The van der Waals surface area contributed by atoms with Gasteiger partial charge in [-0.1, -0.05) is 29.8 Å². The summed E-state index contributed by atoms with van der Waals surface area (Å²) in [6, 6.07) is 11.2. The van der Waals surface area contributed by atoms with Gasteiger partial charge in [-0.05, 0) is 43.5 Å². The van der Waals surface area contributed by atoms with Gasteiger partial charge in [-0.2, -0.15) is 0 Å². The molecular formula is C14H17NS. The summed E-state index contributed by atoms with van der Waals surface area (Å²) < 4.78 is 0. The molecule has 16 heavy (non-hydrogen) atoms. The molecule has 0 radical (unpaired) electrons. The molecule has 2 aromatic rings. The van der Waals surface area contributed by atoms with Crippen molar-refractivity contribution < 1.29 is 0 Å². The Morgan fingerprint density at radius 1 is 1.12 bits per heavy atom. The Balaban J connectivity index is 2.36. The first kappa shape index (κ1) is 11.4. The van der Waals surface area contributed by atoms with Crippen LogP contribution in [0, 0.1) is 13.8 Å². The summed E-state index contributed by atoms with van der Waals surface area (Å²) in [5.41, 5.74) is 4.00. The fourth-order valence-electron chi connectivity index (χ4n) is 1.99. The zero-order valence-electron chi connectivity index (χ0n) is 9.95. The van der Waals surface area contributed by atoms with Crippen LogP contribution in [0.25, 0.3) is 0 Å². The molecule has 0 bridgehead atoms. The summed E-state index contributed by atoms with van der Waals surface area (Å²) in [6.45, 7) is 4.28. The summed E-state index contributed by atoms with van der Waals surface area (Å²) >= 11 is 1.81. The zero-order chi connectivity index (χ0) is 11.5. The first-order chi connectivity index (χ1) is 7.70. The number of hydrogen-bond acceptors (Lipinski definition) is 2. The van der Waals surface area contributed by atoms with E-state index in [1.54, 1.807) is 11.3 Å². The maximum absolute atomic E-state index is 3.38. The molecule has 0 aliphatic carbocycles. The Hall–Kier alpha value is -1.12. The van der Waals surface area contributed by atoms with E-state index >= 15 is 0 Å². The molecule has 1 atom stereocenters. The molecule has 0 saturated carbocycles. The quantitative estimate of drug-likeness (QED) is 0.850. The van der Waals surface area contributed by atoms with Gasteiger partial charge >= 0.3 is 0 Å². The predicted octanol–water partition coefficient (Wildman–Crippen LogP) is 3.67. The predicted molar refractivity (Wildman–Crippen MR) is 71.1 cm³/mol. The van der Waals surface area contributed by atoms with Crippen LogP contribution in [0.2, 0.25) is 0 Å². The average molecular weight is 231 g/mol. The van der Waals surface area contributed by atoms with Crippen LogP contribution >= 0.6 is 11.3 Å². The Labute approximate surface area is 101 Å². The van der Waals surface area contributed by atoms with E-state index in [1.807, 2.05) is 7.05 Å². The van der Waals surface area contributed by atoms with E-state index in [4.69, 9.17) is 0 Å². The topological polar surface area (TPSA) is 12.0 Å². The average Bonchev–Trinajstić information content (AvgIpc) is 2.66. The third kappa shape index (κ3) is 2.34. The third-order valence-corrected chi connectivity index (χ3v) is 3.63. The first-order valence-corrected chi connectivity index (χ1v) is 6.37. The van der Waals surface area contributed by atoms with Gasteiger partial charge in [-0.3, -0.25) is 0 Å². The van der Waals surface area contributed by atoms with E-state index in [9.17, 15) is 0 Å². The molecule has 1 N–H and O–H groups in total. The van der Waals surface area contributed by atoms with Gasteiger partial charge in [0.05, 0.1) is 6.04 Å². The highest BCUT2D eigenvalue weighted by Gasteiger charge is 2.12. The normalized spacial score (nSPS) is 12.7. The highest BCUT2D eigenvalue weighted by molar-refractivity contribution is 7.10.